The van der Waals surface area contributed by atoms with Gasteiger partial charge in [0.2, 0.25) is 17.8 Å². The van der Waals surface area contributed by atoms with Crippen LogP contribution >= 0.6 is 0 Å². The van der Waals surface area contributed by atoms with Crippen molar-refractivity contribution < 1.29 is 14.0 Å². The number of nitrogens with zero attached hydrogens (tertiary/aromatic N) is 5. The fraction of sp³-hybridized carbons (Fsp3) is 0.321. The first-order valence-electron chi connectivity index (χ1n) is 13.2. The van der Waals surface area contributed by atoms with Crippen LogP contribution in [0.15, 0.2) is 41.5 Å². The zero-order chi connectivity index (χ0) is 27.9. The van der Waals surface area contributed by atoms with Gasteiger partial charge in [-0.25, -0.2) is 9.78 Å². The first-order chi connectivity index (χ1) is 19.3. The Morgan fingerprint density at radius 1 is 1.20 bits per heavy atom. The average molecular weight is 543 g/mol. The lowest BCUT2D eigenvalue weighted by Gasteiger charge is -2.22. The summed E-state index contributed by atoms with van der Waals surface area (Å²) in [5, 5.41) is 10.2. The number of anilines is 1. The van der Waals surface area contributed by atoms with E-state index < -0.39 is 17.8 Å². The lowest BCUT2D eigenvalue weighted by molar-refractivity contribution is -0.134. The summed E-state index contributed by atoms with van der Waals surface area (Å²) in [4.78, 5) is 48.2. The maximum absolute atomic E-state index is 15.1. The van der Waals surface area contributed by atoms with Crippen molar-refractivity contribution in [2.75, 3.05) is 12.4 Å². The third-order valence-corrected chi connectivity index (χ3v) is 8.44. The van der Waals surface area contributed by atoms with Crippen LogP contribution in [0.5, 0.6) is 0 Å². The molecule has 5 heterocycles. The zero-order valence-electron chi connectivity index (χ0n) is 22.2. The Hall–Kier alpha value is -4.74. The van der Waals surface area contributed by atoms with E-state index in [1.807, 2.05) is 6.07 Å². The first kappa shape index (κ1) is 24.3. The van der Waals surface area contributed by atoms with Crippen LogP contribution in [0.25, 0.3) is 44.5 Å². The molecule has 12 heteroatoms. The number of pyridine rings is 1. The molecule has 2 aliphatic rings. The van der Waals surface area contributed by atoms with Gasteiger partial charge in [0.25, 0.3) is 0 Å². The summed E-state index contributed by atoms with van der Waals surface area (Å²) in [5.74, 6) is -2.56. The molecule has 1 aliphatic carbocycles. The van der Waals surface area contributed by atoms with Crippen molar-refractivity contribution >= 4 is 39.6 Å². The Balaban J connectivity index is 1.61. The third-order valence-electron chi connectivity index (χ3n) is 8.44. The summed E-state index contributed by atoms with van der Waals surface area (Å²) in [6.45, 7) is 0. The lowest BCUT2D eigenvalue weighted by Crippen LogP contribution is -2.40. The van der Waals surface area contributed by atoms with Crippen LogP contribution < -0.4 is 16.3 Å². The highest BCUT2D eigenvalue weighted by Gasteiger charge is 2.41. The van der Waals surface area contributed by atoms with Crippen molar-refractivity contribution in [2.24, 2.45) is 25.9 Å². The second-order valence-electron chi connectivity index (χ2n) is 10.7. The number of amides is 2. The fourth-order valence-electron chi connectivity index (χ4n) is 6.64. The smallest absolute Gasteiger partial charge is 0.329 e. The van der Waals surface area contributed by atoms with E-state index in [0.717, 1.165) is 0 Å². The maximum Gasteiger partial charge on any atom is 0.329 e. The van der Waals surface area contributed by atoms with Gasteiger partial charge in [-0.3, -0.25) is 23.4 Å². The highest BCUT2D eigenvalue weighted by molar-refractivity contribution is 6.15. The Kier molecular flexibility index (Phi) is 5.25. The predicted molar refractivity (Wildman–Crippen MR) is 147 cm³/mol. The van der Waals surface area contributed by atoms with Gasteiger partial charge in [0.1, 0.15) is 11.6 Å². The van der Waals surface area contributed by atoms with Crippen molar-refractivity contribution in [1.82, 2.24) is 34.2 Å². The van der Waals surface area contributed by atoms with Crippen LogP contribution in [-0.2, 0) is 23.7 Å². The van der Waals surface area contributed by atoms with Crippen LogP contribution in [-0.4, -0.2) is 47.7 Å². The lowest BCUT2D eigenvalue weighted by atomic mass is 9.88. The van der Waals surface area contributed by atoms with Gasteiger partial charge in [-0.1, -0.05) is 12.1 Å². The topological polar surface area (TPSA) is 132 Å². The number of nitrogens with one attached hydrogen (secondary N) is 3. The van der Waals surface area contributed by atoms with Gasteiger partial charge in [0, 0.05) is 44.6 Å². The minimum Gasteiger partial charge on any atom is -0.358 e. The molecular weight excluding hydrogens is 515 g/mol. The van der Waals surface area contributed by atoms with Gasteiger partial charge >= 0.3 is 5.69 Å². The molecule has 1 aliphatic heterocycles. The van der Waals surface area contributed by atoms with E-state index in [9.17, 15) is 14.4 Å². The Morgan fingerprint density at radius 2 is 2.02 bits per heavy atom. The Morgan fingerprint density at radius 3 is 2.77 bits per heavy atom. The molecule has 0 spiro atoms. The summed E-state index contributed by atoms with van der Waals surface area (Å²) >= 11 is 0. The van der Waals surface area contributed by atoms with Gasteiger partial charge in [0.05, 0.1) is 33.9 Å². The molecule has 5 aromatic rings. The molecule has 0 saturated heterocycles. The molecule has 3 atom stereocenters. The number of aromatic nitrogens is 6. The molecule has 204 valence electrons. The van der Waals surface area contributed by atoms with Gasteiger partial charge in [-0.15, -0.1) is 5.10 Å². The van der Waals surface area contributed by atoms with Gasteiger partial charge < -0.3 is 15.6 Å². The van der Waals surface area contributed by atoms with E-state index in [2.05, 4.69) is 25.7 Å². The first-order valence-corrected chi connectivity index (χ1v) is 13.2. The highest BCUT2D eigenvalue weighted by Crippen LogP contribution is 2.45. The number of rotatable bonds is 2. The quantitative estimate of drug-likeness (QED) is 0.295. The molecule has 1 fully saturated rings. The summed E-state index contributed by atoms with van der Waals surface area (Å²) in [5.41, 5.74) is 4.17. The number of halogens is 1. The molecule has 40 heavy (non-hydrogen) atoms. The molecule has 11 nitrogen and oxygen atoms in total. The van der Waals surface area contributed by atoms with Crippen molar-refractivity contribution in [3.05, 3.63) is 53.1 Å². The fourth-order valence-corrected chi connectivity index (χ4v) is 6.64. The van der Waals surface area contributed by atoms with Crippen LogP contribution in [0, 0.1) is 17.8 Å². The standard InChI is InChI=1S/C28H27FN8O3/c1-30-26(38)20-14-7-8-16(10-14)37-23-18(36(3)28(37)40)11-31-25-21(23)19(13-5-4-6-15(9-13)32-27(20)39)22(33-25)17-12-35(2)34-24(17)29/h4-6,9,11-12,14,16,20H,7-8,10H2,1-3H3,(H,30,38)(H,31,33)(H,32,39)/t14-,16-,20?/m1/s1. The van der Waals surface area contributed by atoms with Gasteiger partial charge in [-0.2, -0.15) is 4.39 Å². The van der Waals surface area contributed by atoms with Gasteiger partial charge in [-0.05, 0) is 42.9 Å². The Labute approximate surface area is 227 Å². The second kappa shape index (κ2) is 8.63. The second-order valence-corrected chi connectivity index (χ2v) is 10.7. The van der Waals surface area contributed by atoms with Crippen LogP contribution in [0.2, 0.25) is 0 Å². The molecule has 3 N–H and O–H groups in total. The Bertz CT molecular complexity index is 1930. The van der Waals surface area contributed by atoms with E-state index >= 15 is 4.39 Å². The molecule has 4 aromatic heterocycles. The minimum absolute atomic E-state index is 0.208. The van der Waals surface area contributed by atoms with E-state index in [0.29, 0.717) is 63.8 Å². The van der Waals surface area contributed by atoms with E-state index in [1.54, 1.807) is 53.8 Å². The number of hydrogen-bond donors (Lipinski definition) is 3. The van der Waals surface area contributed by atoms with Crippen molar-refractivity contribution in [3.63, 3.8) is 0 Å². The number of hydrogen-bond acceptors (Lipinski definition) is 5. The third kappa shape index (κ3) is 3.38. The number of H-pyrrole nitrogens is 1. The minimum atomic E-state index is -0.911. The number of aromatic amines is 1. The normalized spacial score (nSPS) is 20.4. The highest BCUT2D eigenvalue weighted by atomic mass is 19.1. The number of fused-ring (bicyclic) bond motifs is 6. The number of carbonyl (C=O) groups is 2. The maximum atomic E-state index is 15.1. The van der Waals surface area contributed by atoms with Gasteiger partial charge in [0.15, 0.2) is 0 Å². The van der Waals surface area contributed by atoms with Crippen molar-refractivity contribution in [3.8, 4) is 22.4 Å². The molecular formula is C28H27FN8O3. The van der Waals surface area contributed by atoms with Crippen LogP contribution in [0.3, 0.4) is 0 Å². The number of imidazole rings is 1. The van der Waals surface area contributed by atoms with E-state index in [1.165, 1.54) is 11.7 Å². The van der Waals surface area contributed by atoms with Crippen molar-refractivity contribution in [1.29, 1.82) is 0 Å². The number of benzene rings is 1. The van der Waals surface area contributed by atoms with Crippen LogP contribution in [0.1, 0.15) is 25.3 Å². The van der Waals surface area contributed by atoms with E-state index in [-0.39, 0.29) is 29.1 Å². The summed E-state index contributed by atoms with van der Waals surface area (Å²) in [6.07, 6.45) is 4.96. The molecule has 0 radical (unpaired) electrons. The van der Waals surface area contributed by atoms with Crippen molar-refractivity contribution in [2.45, 2.75) is 25.3 Å². The predicted octanol–water partition coefficient (Wildman–Crippen LogP) is 3.08. The number of carbonyl (C=O) groups excluding carboxylic acids is 2. The summed E-state index contributed by atoms with van der Waals surface area (Å²) in [7, 11) is 4.87. The largest absolute Gasteiger partial charge is 0.358 e. The SMILES string of the molecule is CNC(=O)C1C(=O)Nc2cccc(c2)-c2c(-c3cn(C)nc3F)[nH]c3ncc4c(c23)n(c(=O)n4C)[C@@H]2CC[C@@H]1C2. The molecule has 2 amide bonds. The average Bonchev–Trinajstić information content (AvgIpc) is 3.68. The molecule has 7 rings (SSSR count). The molecule has 1 aromatic carbocycles. The van der Waals surface area contributed by atoms with Crippen LogP contribution in [0.4, 0.5) is 10.1 Å². The zero-order valence-corrected chi connectivity index (χ0v) is 22.2. The monoisotopic (exact) mass is 542 g/mol. The number of aryl methyl sites for hydroxylation is 2. The molecule has 1 saturated carbocycles. The summed E-state index contributed by atoms with van der Waals surface area (Å²) in [6, 6.07) is 6.96. The summed E-state index contributed by atoms with van der Waals surface area (Å²) < 4.78 is 19.9. The van der Waals surface area contributed by atoms with E-state index in [4.69, 9.17) is 0 Å². The molecule has 1 unspecified atom stereocenters. The molecule has 4 bridgehead atoms.